The third-order valence-corrected chi connectivity index (χ3v) is 4.78. The van der Waals surface area contributed by atoms with Gasteiger partial charge in [-0.15, -0.1) is 11.3 Å². The molecule has 1 amide bonds. The molecule has 3 aromatic rings. The lowest BCUT2D eigenvalue weighted by molar-refractivity contribution is -0.116. The summed E-state index contributed by atoms with van der Waals surface area (Å²) in [4.78, 5) is 16.5. The van der Waals surface area contributed by atoms with E-state index in [4.69, 9.17) is 27.9 Å². The number of thiazole rings is 1. The highest BCUT2D eigenvalue weighted by Gasteiger charge is 2.08. The zero-order valence-corrected chi connectivity index (χ0v) is 16.1. The van der Waals surface area contributed by atoms with Crippen molar-refractivity contribution in [3.05, 3.63) is 64.0 Å². The second kappa shape index (κ2) is 9.03. The van der Waals surface area contributed by atoms with Gasteiger partial charge in [-0.3, -0.25) is 4.79 Å². The van der Waals surface area contributed by atoms with Crippen LogP contribution in [0.25, 0.3) is 11.3 Å². The van der Waals surface area contributed by atoms with Crippen LogP contribution in [0.5, 0.6) is 5.75 Å². The van der Waals surface area contributed by atoms with E-state index in [0.29, 0.717) is 34.6 Å². The first kappa shape index (κ1) is 18.7. The highest BCUT2D eigenvalue weighted by molar-refractivity contribution is 7.14. The van der Waals surface area contributed by atoms with Gasteiger partial charge in [-0.25, -0.2) is 4.98 Å². The molecule has 0 radical (unpaired) electrons. The Hall–Kier alpha value is -2.08. The fourth-order valence-corrected chi connectivity index (χ4v) is 3.21. The number of ether oxygens (including phenoxy) is 1. The molecule has 1 aromatic heterocycles. The Bertz CT molecular complexity index is 864. The van der Waals surface area contributed by atoms with Crippen LogP contribution in [0.15, 0.2) is 53.9 Å². The van der Waals surface area contributed by atoms with Gasteiger partial charge in [0.2, 0.25) is 5.91 Å². The van der Waals surface area contributed by atoms with E-state index >= 15 is 0 Å². The fraction of sp³-hybridized carbons (Fsp3) is 0.158. The highest BCUT2D eigenvalue weighted by atomic mass is 35.5. The second-order valence-corrected chi connectivity index (χ2v) is 7.23. The maximum Gasteiger partial charge on any atom is 0.226 e. The van der Waals surface area contributed by atoms with Crippen LogP contribution in [0.3, 0.4) is 0 Å². The molecule has 0 spiro atoms. The topological polar surface area (TPSA) is 51.2 Å². The number of benzene rings is 2. The quantitative estimate of drug-likeness (QED) is 0.495. The Labute approximate surface area is 165 Å². The van der Waals surface area contributed by atoms with Crippen molar-refractivity contribution in [2.45, 2.75) is 12.8 Å². The summed E-state index contributed by atoms with van der Waals surface area (Å²) < 4.78 is 5.57. The largest absolute Gasteiger partial charge is 0.494 e. The molecule has 0 fully saturated rings. The van der Waals surface area contributed by atoms with E-state index in [1.54, 1.807) is 24.3 Å². The molecular formula is C19H16Cl2N2O2S. The van der Waals surface area contributed by atoms with E-state index in [0.717, 1.165) is 17.0 Å². The van der Waals surface area contributed by atoms with Crippen LogP contribution in [0.2, 0.25) is 10.0 Å². The number of hydrogen-bond acceptors (Lipinski definition) is 4. The number of rotatable bonds is 7. The molecule has 2 aromatic carbocycles. The number of halogens is 2. The summed E-state index contributed by atoms with van der Waals surface area (Å²) in [5.41, 5.74) is 1.77. The zero-order chi connectivity index (χ0) is 18.4. The van der Waals surface area contributed by atoms with E-state index in [2.05, 4.69) is 10.3 Å². The lowest BCUT2D eigenvalue weighted by Crippen LogP contribution is -2.12. The van der Waals surface area contributed by atoms with Crippen LogP contribution in [0.4, 0.5) is 5.13 Å². The van der Waals surface area contributed by atoms with Gasteiger partial charge in [0.05, 0.1) is 12.3 Å². The molecule has 0 saturated carbocycles. The number of aromatic nitrogens is 1. The van der Waals surface area contributed by atoms with Gasteiger partial charge in [0.25, 0.3) is 0 Å². The Balaban J connectivity index is 1.43. The van der Waals surface area contributed by atoms with Crippen LogP contribution in [0.1, 0.15) is 12.8 Å². The number of anilines is 1. The first-order valence-corrected chi connectivity index (χ1v) is 9.63. The lowest BCUT2D eigenvalue weighted by atomic mass is 10.2. The van der Waals surface area contributed by atoms with Gasteiger partial charge in [-0.2, -0.15) is 0 Å². The summed E-state index contributed by atoms with van der Waals surface area (Å²) in [6.07, 6.45) is 0.979. The van der Waals surface area contributed by atoms with Crippen molar-refractivity contribution in [1.29, 1.82) is 0 Å². The molecule has 0 aliphatic heterocycles. The van der Waals surface area contributed by atoms with Crippen LogP contribution < -0.4 is 10.1 Å². The van der Waals surface area contributed by atoms with Gasteiger partial charge in [-0.05, 0) is 42.8 Å². The summed E-state index contributed by atoms with van der Waals surface area (Å²) in [7, 11) is 0. The molecule has 134 valence electrons. The molecule has 0 bridgehead atoms. The molecule has 0 unspecified atom stereocenters. The molecule has 7 heteroatoms. The van der Waals surface area contributed by atoms with Crippen molar-refractivity contribution in [2.75, 3.05) is 11.9 Å². The number of hydrogen-bond donors (Lipinski definition) is 1. The third kappa shape index (κ3) is 5.46. The predicted octanol–water partition coefficient (Wildman–Crippen LogP) is 5.91. The number of nitrogens with one attached hydrogen (secondary N) is 1. The molecule has 0 atom stereocenters. The van der Waals surface area contributed by atoms with Crippen molar-refractivity contribution in [2.24, 2.45) is 0 Å². The van der Waals surface area contributed by atoms with Gasteiger partial charge in [0.15, 0.2) is 5.13 Å². The number of amides is 1. The normalized spacial score (nSPS) is 10.5. The lowest BCUT2D eigenvalue weighted by Gasteiger charge is -2.06. The van der Waals surface area contributed by atoms with E-state index < -0.39 is 0 Å². The number of carbonyl (C=O) groups excluding carboxylic acids is 1. The van der Waals surface area contributed by atoms with Crippen molar-refractivity contribution in [3.63, 3.8) is 0 Å². The zero-order valence-electron chi connectivity index (χ0n) is 13.7. The number of nitrogens with zero attached hydrogens (tertiary/aromatic N) is 1. The molecule has 1 N–H and O–H groups in total. The first-order valence-electron chi connectivity index (χ1n) is 8.00. The maximum atomic E-state index is 12.0. The summed E-state index contributed by atoms with van der Waals surface area (Å²) in [5, 5.41) is 6.65. The Morgan fingerprint density at radius 2 is 1.69 bits per heavy atom. The van der Waals surface area contributed by atoms with Crippen molar-refractivity contribution in [3.8, 4) is 17.0 Å². The summed E-state index contributed by atoms with van der Waals surface area (Å²) >= 11 is 13.1. The monoisotopic (exact) mass is 406 g/mol. The SMILES string of the molecule is O=C(CCCOc1ccc(Cl)cc1)Nc1nc(-c2ccc(Cl)cc2)cs1. The van der Waals surface area contributed by atoms with Gasteiger partial charge >= 0.3 is 0 Å². The number of carbonyl (C=O) groups is 1. The van der Waals surface area contributed by atoms with E-state index in [-0.39, 0.29) is 5.91 Å². The van der Waals surface area contributed by atoms with Crippen molar-refractivity contribution < 1.29 is 9.53 Å². The van der Waals surface area contributed by atoms with Crippen molar-refractivity contribution in [1.82, 2.24) is 4.98 Å². The van der Waals surface area contributed by atoms with Gasteiger partial charge in [0, 0.05) is 27.4 Å². The Morgan fingerprint density at radius 3 is 2.38 bits per heavy atom. The van der Waals surface area contributed by atoms with Crippen molar-refractivity contribution >= 4 is 45.6 Å². The summed E-state index contributed by atoms with van der Waals surface area (Å²) in [6.45, 7) is 0.461. The summed E-state index contributed by atoms with van der Waals surface area (Å²) in [6, 6.07) is 14.6. The second-order valence-electron chi connectivity index (χ2n) is 5.50. The fourth-order valence-electron chi connectivity index (χ4n) is 2.22. The highest BCUT2D eigenvalue weighted by Crippen LogP contribution is 2.26. The molecular weight excluding hydrogens is 391 g/mol. The molecule has 0 aliphatic carbocycles. The first-order chi connectivity index (χ1) is 12.6. The smallest absolute Gasteiger partial charge is 0.226 e. The molecule has 4 nitrogen and oxygen atoms in total. The van der Waals surface area contributed by atoms with Gasteiger partial charge in [-0.1, -0.05) is 35.3 Å². The minimum Gasteiger partial charge on any atom is -0.494 e. The predicted molar refractivity (Wildman–Crippen MR) is 107 cm³/mol. The standard InChI is InChI=1S/C19H16Cl2N2O2S/c20-14-5-3-13(4-6-14)17-12-26-19(22-17)23-18(24)2-1-11-25-16-9-7-15(21)8-10-16/h3-10,12H,1-2,11H2,(H,22,23,24). The minimum atomic E-state index is -0.0817. The average Bonchev–Trinajstić information content (AvgIpc) is 3.09. The van der Waals surface area contributed by atoms with Gasteiger partial charge < -0.3 is 10.1 Å². The third-order valence-electron chi connectivity index (χ3n) is 3.52. The minimum absolute atomic E-state index is 0.0817. The van der Waals surface area contributed by atoms with E-state index in [9.17, 15) is 4.79 Å². The van der Waals surface area contributed by atoms with Gasteiger partial charge in [0.1, 0.15) is 5.75 Å². The molecule has 26 heavy (non-hydrogen) atoms. The Morgan fingerprint density at radius 1 is 1.04 bits per heavy atom. The average molecular weight is 407 g/mol. The Kier molecular flexibility index (Phi) is 6.50. The molecule has 0 saturated heterocycles. The van der Waals surface area contributed by atoms with Crippen LogP contribution in [-0.4, -0.2) is 17.5 Å². The summed E-state index contributed by atoms with van der Waals surface area (Å²) in [5.74, 6) is 0.657. The van der Waals surface area contributed by atoms with Crippen LogP contribution in [0, 0.1) is 0 Å². The van der Waals surface area contributed by atoms with Crippen LogP contribution in [-0.2, 0) is 4.79 Å². The van der Waals surface area contributed by atoms with E-state index in [1.807, 2.05) is 29.6 Å². The molecule has 0 aliphatic rings. The molecule has 1 heterocycles. The van der Waals surface area contributed by atoms with Crippen LogP contribution >= 0.6 is 34.5 Å². The molecule has 3 rings (SSSR count). The van der Waals surface area contributed by atoms with E-state index in [1.165, 1.54) is 11.3 Å². The maximum absolute atomic E-state index is 12.0.